The topological polar surface area (TPSA) is 43.8 Å². The Morgan fingerprint density at radius 3 is 2.55 bits per heavy atom. The van der Waals surface area contributed by atoms with Crippen molar-refractivity contribution in [2.24, 2.45) is 0 Å². The first kappa shape index (κ1) is 15.1. The van der Waals surface area contributed by atoms with Gasteiger partial charge in [-0.15, -0.1) is 0 Å². The van der Waals surface area contributed by atoms with Crippen LogP contribution in [-0.2, 0) is 0 Å². The summed E-state index contributed by atoms with van der Waals surface area (Å²) in [7, 11) is 0. The predicted molar refractivity (Wildman–Crippen MR) is 82.0 cm³/mol. The largest absolute Gasteiger partial charge is 0.478 e. The third-order valence-corrected chi connectivity index (χ3v) is 4.29. The molecule has 0 amide bonds. The normalized spacial score (nSPS) is 18.1. The van der Waals surface area contributed by atoms with Crippen LogP contribution in [0.25, 0.3) is 0 Å². The second kappa shape index (κ2) is 6.46. The lowest BCUT2D eigenvalue weighted by molar-refractivity contribution is 0.0697. The first-order valence-corrected chi connectivity index (χ1v) is 7.42. The number of hydrogen-bond donors (Lipinski definition) is 1. The highest BCUT2D eigenvalue weighted by molar-refractivity contribution is 6.31. The van der Waals surface area contributed by atoms with Crippen LogP contribution >= 0.6 is 11.6 Å². The van der Waals surface area contributed by atoms with Crippen LogP contribution in [0.3, 0.4) is 0 Å². The Morgan fingerprint density at radius 2 is 2.00 bits per heavy atom. The average molecular weight is 297 g/mol. The number of benzene rings is 1. The number of rotatable bonds is 4. The number of nitrogens with zero attached hydrogens (tertiary/aromatic N) is 2. The molecule has 1 saturated heterocycles. The van der Waals surface area contributed by atoms with Gasteiger partial charge in [0.05, 0.1) is 11.3 Å². The van der Waals surface area contributed by atoms with E-state index in [4.69, 9.17) is 11.6 Å². The molecule has 0 aromatic heterocycles. The number of piperazine rings is 1. The van der Waals surface area contributed by atoms with Gasteiger partial charge in [-0.25, -0.2) is 4.79 Å². The molecule has 1 aliphatic heterocycles. The average Bonchev–Trinajstić information content (AvgIpc) is 2.46. The highest BCUT2D eigenvalue weighted by Crippen LogP contribution is 2.26. The molecule has 0 saturated carbocycles. The van der Waals surface area contributed by atoms with E-state index < -0.39 is 5.97 Å². The molecule has 4 nitrogen and oxygen atoms in total. The lowest BCUT2D eigenvalue weighted by Gasteiger charge is -2.39. The Hall–Kier alpha value is -1.26. The fourth-order valence-electron chi connectivity index (χ4n) is 2.61. The fourth-order valence-corrected chi connectivity index (χ4v) is 2.78. The Labute approximate surface area is 124 Å². The molecule has 1 aromatic rings. The molecule has 2 rings (SSSR count). The first-order valence-electron chi connectivity index (χ1n) is 7.04. The van der Waals surface area contributed by atoms with Crippen molar-refractivity contribution in [2.45, 2.75) is 26.3 Å². The van der Waals surface area contributed by atoms with Crippen molar-refractivity contribution >= 4 is 23.3 Å². The summed E-state index contributed by atoms with van der Waals surface area (Å²) in [5, 5.41) is 9.86. The van der Waals surface area contributed by atoms with E-state index in [1.165, 1.54) is 0 Å². The van der Waals surface area contributed by atoms with Crippen molar-refractivity contribution in [3.63, 3.8) is 0 Å². The van der Waals surface area contributed by atoms with E-state index >= 15 is 0 Å². The molecular formula is C15H21ClN2O2. The molecule has 1 atom stereocenters. The molecule has 5 heteroatoms. The summed E-state index contributed by atoms with van der Waals surface area (Å²) in [4.78, 5) is 15.9. The first-order chi connectivity index (χ1) is 9.52. The summed E-state index contributed by atoms with van der Waals surface area (Å²) in [6, 6.07) is 5.55. The highest BCUT2D eigenvalue weighted by Gasteiger charge is 2.23. The number of carbonyl (C=O) groups is 1. The summed E-state index contributed by atoms with van der Waals surface area (Å²) in [6.45, 7) is 8.02. The number of aromatic carboxylic acids is 1. The Balaban J connectivity index is 2.14. The second-order valence-electron chi connectivity index (χ2n) is 5.25. The predicted octanol–water partition coefficient (Wildman–Crippen LogP) is 2.96. The summed E-state index contributed by atoms with van der Waals surface area (Å²) in [6.07, 6.45) is 1.14. The zero-order chi connectivity index (χ0) is 14.7. The van der Waals surface area contributed by atoms with E-state index in [0.717, 1.165) is 38.3 Å². The number of carboxylic acids is 1. The summed E-state index contributed by atoms with van der Waals surface area (Å²) in [5.41, 5.74) is 1.06. The molecule has 1 heterocycles. The molecule has 110 valence electrons. The van der Waals surface area contributed by atoms with Gasteiger partial charge in [0.1, 0.15) is 0 Å². The van der Waals surface area contributed by atoms with Crippen molar-refractivity contribution in [1.82, 2.24) is 4.90 Å². The minimum atomic E-state index is -0.902. The molecule has 0 bridgehead atoms. The van der Waals surface area contributed by atoms with Gasteiger partial charge >= 0.3 is 5.97 Å². The maximum atomic E-state index is 11.3. The van der Waals surface area contributed by atoms with Gasteiger partial charge in [-0.05, 0) is 31.5 Å². The Morgan fingerprint density at radius 1 is 1.35 bits per heavy atom. The molecule has 1 fully saturated rings. The number of anilines is 1. The van der Waals surface area contributed by atoms with Crippen molar-refractivity contribution < 1.29 is 9.90 Å². The molecule has 0 radical (unpaired) electrons. The molecule has 1 aromatic carbocycles. The van der Waals surface area contributed by atoms with Crippen LogP contribution in [0.4, 0.5) is 5.69 Å². The Kier molecular flexibility index (Phi) is 4.89. The van der Waals surface area contributed by atoms with Gasteiger partial charge < -0.3 is 10.0 Å². The molecule has 1 aliphatic rings. The van der Waals surface area contributed by atoms with E-state index in [2.05, 4.69) is 23.6 Å². The van der Waals surface area contributed by atoms with E-state index in [9.17, 15) is 9.90 Å². The molecule has 1 N–H and O–H groups in total. The van der Waals surface area contributed by atoms with Gasteiger partial charge in [-0.1, -0.05) is 18.5 Å². The van der Waals surface area contributed by atoms with Crippen LogP contribution in [0.1, 0.15) is 30.6 Å². The zero-order valence-electron chi connectivity index (χ0n) is 12.0. The maximum Gasteiger partial charge on any atom is 0.337 e. The maximum absolute atomic E-state index is 11.3. The van der Waals surface area contributed by atoms with Crippen LogP contribution in [-0.4, -0.2) is 48.2 Å². The molecule has 1 unspecified atom stereocenters. The van der Waals surface area contributed by atoms with Crippen LogP contribution in [0.15, 0.2) is 18.2 Å². The van der Waals surface area contributed by atoms with E-state index in [1.807, 2.05) is 0 Å². The van der Waals surface area contributed by atoms with Crippen LogP contribution in [0.2, 0.25) is 5.02 Å². The van der Waals surface area contributed by atoms with Crippen LogP contribution < -0.4 is 4.90 Å². The summed E-state index contributed by atoms with van der Waals surface area (Å²) >= 11 is 6.01. The lowest BCUT2D eigenvalue weighted by atomic mass is 10.1. The zero-order valence-corrected chi connectivity index (χ0v) is 12.7. The molecular weight excluding hydrogens is 276 g/mol. The quantitative estimate of drug-likeness (QED) is 0.928. The minimum absolute atomic E-state index is 0.325. The summed E-state index contributed by atoms with van der Waals surface area (Å²) in [5.74, 6) is -0.902. The number of carboxylic acid groups (broad SMARTS) is 1. The highest BCUT2D eigenvalue weighted by atomic mass is 35.5. The Bertz CT molecular complexity index is 485. The molecule has 0 aliphatic carbocycles. The number of hydrogen-bond acceptors (Lipinski definition) is 3. The van der Waals surface area contributed by atoms with Gasteiger partial charge in [-0.3, -0.25) is 4.90 Å². The third kappa shape index (κ3) is 3.25. The fraction of sp³-hybridized carbons (Fsp3) is 0.533. The van der Waals surface area contributed by atoms with Crippen LogP contribution in [0, 0.1) is 0 Å². The van der Waals surface area contributed by atoms with E-state index in [1.54, 1.807) is 18.2 Å². The SMILES string of the molecule is CCC(C)N1CCN(c2cc(Cl)ccc2C(=O)O)CC1. The molecule has 20 heavy (non-hydrogen) atoms. The summed E-state index contributed by atoms with van der Waals surface area (Å²) < 4.78 is 0. The van der Waals surface area contributed by atoms with Gasteiger partial charge in [0.15, 0.2) is 0 Å². The van der Waals surface area contributed by atoms with Crippen molar-refractivity contribution in [3.05, 3.63) is 28.8 Å². The van der Waals surface area contributed by atoms with Gasteiger partial charge in [0, 0.05) is 37.2 Å². The van der Waals surface area contributed by atoms with Gasteiger partial charge in [0.25, 0.3) is 0 Å². The second-order valence-corrected chi connectivity index (χ2v) is 5.68. The van der Waals surface area contributed by atoms with E-state index in [0.29, 0.717) is 16.6 Å². The van der Waals surface area contributed by atoms with Crippen molar-refractivity contribution in [3.8, 4) is 0 Å². The molecule has 0 spiro atoms. The lowest BCUT2D eigenvalue weighted by Crippen LogP contribution is -2.49. The monoisotopic (exact) mass is 296 g/mol. The van der Waals surface area contributed by atoms with Gasteiger partial charge in [-0.2, -0.15) is 0 Å². The van der Waals surface area contributed by atoms with Crippen molar-refractivity contribution in [1.29, 1.82) is 0 Å². The van der Waals surface area contributed by atoms with E-state index in [-0.39, 0.29) is 0 Å². The van der Waals surface area contributed by atoms with Crippen molar-refractivity contribution in [2.75, 3.05) is 31.1 Å². The van der Waals surface area contributed by atoms with Crippen LogP contribution in [0.5, 0.6) is 0 Å². The number of halogens is 1. The smallest absolute Gasteiger partial charge is 0.337 e. The van der Waals surface area contributed by atoms with Gasteiger partial charge in [0.2, 0.25) is 0 Å². The third-order valence-electron chi connectivity index (χ3n) is 4.06. The minimum Gasteiger partial charge on any atom is -0.478 e. The standard InChI is InChI=1S/C15H21ClN2O2/c1-3-11(2)17-6-8-18(9-7-17)14-10-12(16)4-5-13(14)15(19)20/h4-5,10-11H,3,6-9H2,1-2H3,(H,19,20).